The molecule has 0 aliphatic carbocycles. The Hall–Kier alpha value is -0.320. The Labute approximate surface area is 80.8 Å². The zero-order valence-corrected chi connectivity index (χ0v) is 7.97. The van der Waals surface area contributed by atoms with E-state index in [2.05, 4.69) is 4.98 Å². The van der Waals surface area contributed by atoms with Gasteiger partial charge >= 0.3 is 0 Å². The highest BCUT2D eigenvalue weighted by Crippen LogP contribution is 2.02. The van der Waals surface area contributed by atoms with Crippen LogP contribution in [0, 0.1) is 0 Å². The van der Waals surface area contributed by atoms with Crippen molar-refractivity contribution in [1.29, 1.82) is 0 Å². The summed E-state index contributed by atoms with van der Waals surface area (Å²) in [7, 11) is 0. The number of carbonyl (C=O) groups excluding carboxylic acids is 1. The molecular weight excluding hydrogens is 207 g/mol. The zero-order valence-electron chi connectivity index (χ0n) is 5.52. The third-order valence-corrected chi connectivity index (χ3v) is 1.59. The van der Waals surface area contributed by atoms with E-state index in [1.54, 1.807) is 6.20 Å². The van der Waals surface area contributed by atoms with Crippen molar-refractivity contribution >= 4 is 42.1 Å². The third-order valence-electron chi connectivity index (χ3n) is 0.809. The summed E-state index contributed by atoms with van der Waals surface area (Å²) >= 11 is 1.44. The van der Waals surface area contributed by atoms with Gasteiger partial charge in [0, 0.05) is 11.6 Å². The van der Waals surface area contributed by atoms with Crippen LogP contribution in [-0.2, 0) is 11.2 Å². The maximum Gasteiger partial charge on any atom is 0.224 e. The number of amides is 1. The minimum Gasteiger partial charge on any atom is -0.369 e. The van der Waals surface area contributed by atoms with Crippen LogP contribution in [-0.4, -0.2) is 10.9 Å². The van der Waals surface area contributed by atoms with E-state index in [0.717, 1.165) is 5.01 Å². The summed E-state index contributed by atoms with van der Waals surface area (Å²) in [5.41, 5.74) is 4.91. The summed E-state index contributed by atoms with van der Waals surface area (Å²) in [4.78, 5) is 14.1. The molecule has 0 aromatic carbocycles. The van der Waals surface area contributed by atoms with Crippen molar-refractivity contribution in [2.24, 2.45) is 5.73 Å². The number of halogens is 2. The fraction of sp³-hybridized carbons (Fsp3) is 0.200. The van der Waals surface area contributed by atoms with Gasteiger partial charge in [-0.1, -0.05) is 0 Å². The predicted molar refractivity (Wildman–Crippen MR) is 49.5 cm³/mol. The summed E-state index contributed by atoms with van der Waals surface area (Å²) in [5.74, 6) is -0.329. The second-order valence-electron chi connectivity index (χ2n) is 1.57. The maximum atomic E-state index is 10.3. The Balaban J connectivity index is 0. The van der Waals surface area contributed by atoms with Crippen LogP contribution in [0.15, 0.2) is 11.6 Å². The Kier molecular flexibility index (Phi) is 7.72. The molecule has 0 saturated carbocycles. The first kappa shape index (κ1) is 13.3. The van der Waals surface area contributed by atoms with E-state index in [-0.39, 0.29) is 37.1 Å². The van der Waals surface area contributed by atoms with Crippen molar-refractivity contribution in [3.05, 3.63) is 16.6 Å². The number of nitrogens with zero attached hydrogens (tertiary/aromatic N) is 1. The average Bonchev–Trinajstić information content (AvgIpc) is 2.15. The average molecular weight is 215 g/mol. The van der Waals surface area contributed by atoms with E-state index < -0.39 is 0 Å². The first-order valence-electron chi connectivity index (χ1n) is 2.45. The smallest absolute Gasteiger partial charge is 0.224 e. The van der Waals surface area contributed by atoms with Gasteiger partial charge in [-0.3, -0.25) is 4.79 Å². The molecule has 0 radical (unpaired) electrons. The number of aromatic nitrogens is 1. The van der Waals surface area contributed by atoms with Crippen LogP contribution < -0.4 is 5.73 Å². The summed E-state index contributed by atoms with van der Waals surface area (Å²) in [6, 6.07) is 0. The molecule has 0 unspecified atom stereocenters. The van der Waals surface area contributed by atoms with Crippen molar-refractivity contribution < 1.29 is 4.79 Å². The van der Waals surface area contributed by atoms with Crippen LogP contribution in [0.1, 0.15) is 5.01 Å². The van der Waals surface area contributed by atoms with Crippen molar-refractivity contribution in [2.45, 2.75) is 6.42 Å². The van der Waals surface area contributed by atoms with E-state index in [1.807, 2.05) is 5.38 Å². The van der Waals surface area contributed by atoms with E-state index in [9.17, 15) is 4.79 Å². The first-order valence-corrected chi connectivity index (χ1v) is 3.33. The number of hydrogen-bond donors (Lipinski definition) is 1. The largest absolute Gasteiger partial charge is 0.369 e. The summed E-state index contributed by atoms with van der Waals surface area (Å²) < 4.78 is 0. The lowest BCUT2D eigenvalue weighted by Crippen LogP contribution is -2.13. The Morgan fingerprint density at radius 3 is 2.64 bits per heavy atom. The molecule has 0 atom stereocenters. The number of carbonyl (C=O) groups is 1. The number of rotatable bonds is 2. The van der Waals surface area contributed by atoms with Gasteiger partial charge in [-0.25, -0.2) is 4.98 Å². The lowest BCUT2D eigenvalue weighted by molar-refractivity contribution is -0.117. The lowest BCUT2D eigenvalue weighted by atomic mass is 10.4. The van der Waals surface area contributed by atoms with Gasteiger partial charge in [0.05, 0.1) is 6.42 Å². The van der Waals surface area contributed by atoms with Crippen molar-refractivity contribution in [3.8, 4) is 0 Å². The monoisotopic (exact) mass is 214 g/mol. The Morgan fingerprint density at radius 1 is 1.64 bits per heavy atom. The molecule has 1 rings (SSSR count). The van der Waals surface area contributed by atoms with Gasteiger partial charge < -0.3 is 5.73 Å². The first-order chi connectivity index (χ1) is 4.29. The Morgan fingerprint density at radius 2 is 2.27 bits per heavy atom. The second kappa shape index (κ2) is 6.39. The topological polar surface area (TPSA) is 56.0 Å². The normalized spacial score (nSPS) is 7.64. The molecule has 64 valence electrons. The molecule has 6 heteroatoms. The zero-order chi connectivity index (χ0) is 6.69. The van der Waals surface area contributed by atoms with Gasteiger partial charge in [0.2, 0.25) is 5.91 Å². The van der Waals surface area contributed by atoms with Crippen LogP contribution in [0.5, 0.6) is 0 Å². The summed E-state index contributed by atoms with van der Waals surface area (Å²) in [5, 5.41) is 2.60. The van der Waals surface area contributed by atoms with Gasteiger partial charge in [-0.05, 0) is 0 Å². The molecule has 0 fully saturated rings. The molecule has 0 bridgehead atoms. The standard InChI is InChI=1S/C5H6N2OS.2ClH/c6-4(8)3-5-7-1-2-9-5;;/h1-2H,3H2,(H2,6,8);2*1H. The number of primary amides is 1. The predicted octanol–water partition coefficient (Wildman–Crippen LogP) is 1.01. The highest BCUT2D eigenvalue weighted by atomic mass is 35.5. The van der Waals surface area contributed by atoms with Gasteiger partial charge in [0.15, 0.2) is 0 Å². The van der Waals surface area contributed by atoms with E-state index in [4.69, 9.17) is 5.73 Å². The number of nitrogens with two attached hydrogens (primary N) is 1. The molecule has 3 nitrogen and oxygen atoms in total. The lowest BCUT2D eigenvalue weighted by Gasteiger charge is -1.85. The Bertz CT molecular complexity index is 202. The molecule has 0 saturated heterocycles. The molecule has 0 spiro atoms. The van der Waals surface area contributed by atoms with Crippen LogP contribution in [0.4, 0.5) is 0 Å². The minimum atomic E-state index is -0.329. The highest BCUT2D eigenvalue weighted by Gasteiger charge is 1.98. The number of hydrogen-bond acceptors (Lipinski definition) is 3. The molecule has 2 N–H and O–H groups in total. The molecule has 1 aromatic heterocycles. The minimum absolute atomic E-state index is 0. The second-order valence-corrected chi connectivity index (χ2v) is 2.55. The molecular formula is C5H8Cl2N2OS. The summed E-state index contributed by atoms with van der Waals surface area (Å²) in [6.45, 7) is 0. The van der Waals surface area contributed by atoms with Crippen LogP contribution in [0.25, 0.3) is 0 Å². The summed E-state index contributed by atoms with van der Waals surface area (Å²) in [6.07, 6.45) is 1.92. The molecule has 0 aliphatic heterocycles. The fourth-order valence-corrected chi connectivity index (χ4v) is 1.12. The van der Waals surface area contributed by atoms with Gasteiger partial charge in [0.25, 0.3) is 0 Å². The van der Waals surface area contributed by atoms with Crippen LogP contribution in [0.3, 0.4) is 0 Å². The van der Waals surface area contributed by atoms with Gasteiger partial charge in [-0.15, -0.1) is 36.2 Å². The molecule has 11 heavy (non-hydrogen) atoms. The van der Waals surface area contributed by atoms with Crippen molar-refractivity contribution in [1.82, 2.24) is 4.98 Å². The van der Waals surface area contributed by atoms with E-state index >= 15 is 0 Å². The molecule has 1 aromatic rings. The van der Waals surface area contributed by atoms with Gasteiger partial charge in [-0.2, -0.15) is 0 Å². The molecule has 1 amide bonds. The molecule has 1 heterocycles. The van der Waals surface area contributed by atoms with E-state index in [0.29, 0.717) is 0 Å². The maximum absolute atomic E-state index is 10.3. The van der Waals surface area contributed by atoms with Crippen molar-refractivity contribution in [2.75, 3.05) is 0 Å². The third kappa shape index (κ3) is 5.01. The highest BCUT2D eigenvalue weighted by molar-refractivity contribution is 7.09. The van der Waals surface area contributed by atoms with Crippen LogP contribution >= 0.6 is 36.2 Å². The molecule has 0 aliphatic rings. The number of thiazole rings is 1. The van der Waals surface area contributed by atoms with E-state index in [1.165, 1.54) is 11.3 Å². The fourth-order valence-electron chi connectivity index (χ4n) is 0.489. The quantitative estimate of drug-likeness (QED) is 0.800. The SMILES string of the molecule is Cl.Cl.NC(=O)Cc1nccs1. The van der Waals surface area contributed by atoms with Crippen LogP contribution in [0.2, 0.25) is 0 Å². The van der Waals surface area contributed by atoms with Gasteiger partial charge in [0.1, 0.15) is 5.01 Å². The van der Waals surface area contributed by atoms with Crippen molar-refractivity contribution in [3.63, 3.8) is 0 Å².